The number of fused-ring (bicyclic) bond motifs is 1. The highest BCUT2D eigenvalue weighted by Crippen LogP contribution is 2.37. The van der Waals surface area contributed by atoms with Crippen LogP contribution in [0.25, 0.3) is 10.9 Å². The van der Waals surface area contributed by atoms with Crippen molar-refractivity contribution in [1.29, 1.82) is 0 Å². The molecule has 0 bridgehead atoms. The molecule has 0 aliphatic carbocycles. The van der Waals surface area contributed by atoms with E-state index in [0.29, 0.717) is 27.1 Å². The summed E-state index contributed by atoms with van der Waals surface area (Å²) in [5, 5.41) is 1.94. The molecular formula is C26H22ClNO3S. The molecule has 4 aromatic rings. The van der Waals surface area contributed by atoms with Gasteiger partial charge in [-0.2, -0.15) is 0 Å². The Bertz CT molecular complexity index is 1280. The number of carbonyl (C=O) groups is 1. The number of para-hydroxylation sites is 1. The average Bonchev–Trinajstić information content (AvgIpc) is 2.81. The fourth-order valence-electron chi connectivity index (χ4n) is 3.42. The summed E-state index contributed by atoms with van der Waals surface area (Å²) in [5.74, 6) is 0.638. The molecule has 0 unspecified atom stereocenters. The lowest BCUT2D eigenvalue weighted by atomic mass is 10.1. The summed E-state index contributed by atoms with van der Waals surface area (Å²) in [7, 11) is 1.37. The van der Waals surface area contributed by atoms with Gasteiger partial charge in [0, 0.05) is 21.7 Å². The average molecular weight is 464 g/mol. The summed E-state index contributed by atoms with van der Waals surface area (Å²) >= 11 is 7.80. The van der Waals surface area contributed by atoms with Crippen LogP contribution in [0.4, 0.5) is 0 Å². The van der Waals surface area contributed by atoms with Gasteiger partial charge in [-0.05, 0) is 30.7 Å². The minimum Gasteiger partial charge on any atom is -0.487 e. The Kier molecular flexibility index (Phi) is 6.98. The second-order valence-electron chi connectivity index (χ2n) is 7.29. The molecule has 0 fully saturated rings. The number of aromatic nitrogens is 1. The Morgan fingerprint density at radius 2 is 1.81 bits per heavy atom. The van der Waals surface area contributed by atoms with Crippen LogP contribution in [0.3, 0.4) is 0 Å². The van der Waals surface area contributed by atoms with E-state index in [1.807, 2.05) is 54.6 Å². The van der Waals surface area contributed by atoms with Crippen molar-refractivity contribution in [2.24, 2.45) is 0 Å². The van der Waals surface area contributed by atoms with Crippen LogP contribution in [0, 0.1) is 6.92 Å². The quantitative estimate of drug-likeness (QED) is 0.221. The molecule has 0 spiro atoms. The van der Waals surface area contributed by atoms with Crippen LogP contribution >= 0.6 is 23.4 Å². The van der Waals surface area contributed by atoms with Gasteiger partial charge in [0.05, 0.1) is 12.6 Å². The molecular weight excluding hydrogens is 442 g/mol. The van der Waals surface area contributed by atoms with E-state index in [9.17, 15) is 4.79 Å². The Labute approximate surface area is 196 Å². The maximum atomic E-state index is 12.9. The molecule has 3 aromatic carbocycles. The Balaban J connectivity index is 1.77. The summed E-state index contributed by atoms with van der Waals surface area (Å²) < 4.78 is 11.3. The first-order valence-corrected chi connectivity index (χ1v) is 11.5. The van der Waals surface area contributed by atoms with Gasteiger partial charge in [-0.1, -0.05) is 71.8 Å². The normalized spacial score (nSPS) is 10.8. The fraction of sp³-hybridized carbons (Fsp3) is 0.154. The Morgan fingerprint density at radius 3 is 2.59 bits per heavy atom. The number of aryl methyl sites for hydroxylation is 1. The molecule has 0 aliphatic rings. The highest BCUT2D eigenvalue weighted by molar-refractivity contribution is 7.98. The van der Waals surface area contributed by atoms with Gasteiger partial charge in [0.2, 0.25) is 0 Å². The molecule has 32 heavy (non-hydrogen) atoms. The van der Waals surface area contributed by atoms with Crippen molar-refractivity contribution in [2.75, 3.05) is 7.11 Å². The van der Waals surface area contributed by atoms with E-state index in [2.05, 4.69) is 25.1 Å². The number of halogens is 1. The van der Waals surface area contributed by atoms with Gasteiger partial charge in [-0.15, -0.1) is 11.8 Å². The third kappa shape index (κ3) is 4.90. The zero-order valence-corrected chi connectivity index (χ0v) is 19.4. The number of esters is 1. The molecule has 0 radical (unpaired) electrons. The minimum atomic E-state index is -0.482. The number of benzene rings is 3. The summed E-state index contributed by atoms with van der Waals surface area (Å²) in [6, 6.07) is 23.4. The molecule has 6 heteroatoms. The predicted molar refractivity (Wildman–Crippen MR) is 130 cm³/mol. The van der Waals surface area contributed by atoms with Crippen molar-refractivity contribution in [2.45, 2.75) is 24.3 Å². The number of nitrogens with zero attached hydrogens (tertiary/aromatic N) is 1. The topological polar surface area (TPSA) is 48.4 Å². The first kappa shape index (κ1) is 22.2. The molecule has 0 saturated carbocycles. The summed E-state index contributed by atoms with van der Waals surface area (Å²) in [6.45, 7) is 2.28. The summed E-state index contributed by atoms with van der Waals surface area (Å²) in [5.41, 5.74) is 4.25. The van der Waals surface area contributed by atoms with Crippen molar-refractivity contribution in [3.05, 3.63) is 100 Å². The molecule has 1 aromatic heterocycles. The van der Waals surface area contributed by atoms with E-state index >= 15 is 0 Å². The third-order valence-corrected chi connectivity index (χ3v) is 6.40. The summed E-state index contributed by atoms with van der Waals surface area (Å²) in [4.78, 5) is 17.6. The van der Waals surface area contributed by atoms with E-state index in [-0.39, 0.29) is 6.61 Å². The molecule has 4 nitrogen and oxygen atoms in total. The Hall–Kier alpha value is -3.02. The molecule has 0 N–H and O–H groups in total. The number of pyridine rings is 1. The van der Waals surface area contributed by atoms with Crippen LogP contribution in [0.2, 0.25) is 5.02 Å². The fourth-order valence-corrected chi connectivity index (χ4v) is 4.57. The first-order chi connectivity index (χ1) is 15.6. The minimum absolute atomic E-state index is 0.222. The lowest BCUT2D eigenvalue weighted by molar-refractivity contribution is 0.0590. The molecule has 1 heterocycles. The van der Waals surface area contributed by atoms with Crippen molar-refractivity contribution < 1.29 is 14.3 Å². The van der Waals surface area contributed by atoms with Crippen molar-refractivity contribution in [3.8, 4) is 5.75 Å². The lowest BCUT2D eigenvalue weighted by Crippen LogP contribution is -2.10. The zero-order valence-electron chi connectivity index (χ0n) is 17.8. The predicted octanol–water partition coefficient (Wildman–Crippen LogP) is 6.85. The number of methoxy groups -OCH3 is 1. The number of thioether (sulfide) groups is 1. The standard InChI is InChI=1S/C26H22ClNO3S/c1-17-8-7-9-18(14-17)16-32-25-23(26(29)30-2)24(20-11-4-6-13-22(20)28-25)31-15-19-10-3-5-12-21(19)27/h3-14H,15-16H2,1-2H3. The number of carbonyl (C=O) groups excluding carboxylic acids is 1. The second-order valence-corrected chi connectivity index (χ2v) is 8.66. The van der Waals surface area contributed by atoms with Crippen LogP contribution in [0.15, 0.2) is 77.8 Å². The van der Waals surface area contributed by atoms with Gasteiger partial charge in [0.25, 0.3) is 0 Å². The maximum Gasteiger partial charge on any atom is 0.344 e. The number of hydrogen-bond acceptors (Lipinski definition) is 5. The van der Waals surface area contributed by atoms with Crippen LogP contribution in [-0.4, -0.2) is 18.1 Å². The maximum absolute atomic E-state index is 12.9. The zero-order chi connectivity index (χ0) is 22.5. The number of rotatable bonds is 7. The van der Waals surface area contributed by atoms with Gasteiger partial charge in [-0.25, -0.2) is 9.78 Å². The van der Waals surface area contributed by atoms with E-state index in [1.165, 1.54) is 24.4 Å². The number of ether oxygens (including phenoxy) is 2. The molecule has 4 rings (SSSR count). The van der Waals surface area contributed by atoms with Gasteiger partial charge < -0.3 is 9.47 Å². The SMILES string of the molecule is COC(=O)c1c(SCc2cccc(C)c2)nc2ccccc2c1OCc1ccccc1Cl. The van der Waals surface area contributed by atoms with Crippen molar-refractivity contribution in [3.63, 3.8) is 0 Å². The Morgan fingerprint density at radius 1 is 1.03 bits per heavy atom. The molecule has 0 saturated heterocycles. The van der Waals surface area contributed by atoms with E-state index in [0.717, 1.165) is 22.0 Å². The lowest BCUT2D eigenvalue weighted by Gasteiger charge is -2.17. The number of hydrogen-bond donors (Lipinski definition) is 0. The highest BCUT2D eigenvalue weighted by Gasteiger charge is 2.24. The van der Waals surface area contributed by atoms with E-state index in [4.69, 9.17) is 26.1 Å². The van der Waals surface area contributed by atoms with E-state index in [1.54, 1.807) is 0 Å². The molecule has 0 atom stereocenters. The second kappa shape index (κ2) is 10.1. The first-order valence-electron chi connectivity index (χ1n) is 10.1. The smallest absolute Gasteiger partial charge is 0.344 e. The van der Waals surface area contributed by atoms with Gasteiger partial charge in [-0.3, -0.25) is 0 Å². The van der Waals surface area contributed by atoms with Gasteiger partial charge in [0.15, 0.2) is 0 Å². The molecule has 0 aliphatic heterocycles. The third-order valence-electron chi connectivity index (χ3n) is 4.99. The van der Waals surface area contributed by atoms with Crippen LogP contribution < -0.4 is 4.74 Å². The van der Waals surface area contributed by atoms with Crippen molar-refractivity contribution in [1.82, 2.24) is 4.98 Å². The van der Waals surface area contributed by atoms with Crippen LogP contribution in [-0.2, 0) is 17.1 Å². The van der Waals surface area contributed by atoms with Gasteiger partial charge >= 0.3 is 5.97 Å². The van der Waals surface area contributed by atoms with Gasteiger partial charge in [0.1, 0.15) is 22.9 Å². The molecule has 0 amide bonds. The van der Waals surface area contributed by atoms with Crippen LogP contribution in [0.5, 0.6) is 5.75 Å². The highest BCUT2D eigenvalue weighted by atomic mass is 35.5. The van der Waals surface area contributed by atoms with Crippen LogP contribution in [0.1, 0.15) is 27.0 Å². The monoisotopic (exact) mass is 463 g/mol. The van der Waals surface area contributed by atoms with E-state index < -0.39 is 5.97 Å². The molecule has 162 valence electrons. The largest absolute Gasteiger partial charge is 0.487 e. The summed E-state index contributed by atoms with van der Waals surface area (Å²) in [6.07, 6.45) is 0. The van der Waals surface area contributed by atoms with Crippen molar-refractivity contribution >= 4 is 40.2 Å².